The number of nitrogens with zero attached hydrogens (tertiary/aromatic N) is 2. The number of rotatable bonds is 7. The maximum absolute atomic E-state index is 13.1. The number of amides is 1. The van der Waals surface area contributed by atoms with Crippen molar-refractivity contribution in [3.63, 3.8) is 0 Å². The molecule has 0 aliphatic carbocycles. The second kappa shape index (κ2) is 9.45. The van der Waals surface area contributed by atoms with Crippen molar-refractivity contribution in [2.24, 2.45) is 18.4 Å². The molecular formula is C28H33N3O3. The van der Waals surface area contributed by atoms with Crippen LogP contribution in [0.1, 0.15) is 54.9 Å². The van der Waals surface area contributed by atoms with Crippen molar-refractivity contribution in [1.29, 1.82) is 0 Å². The fraction of sp³-hybridized carbons (Fsp3) is 0.393. The molecule has 6 heteroatoms. The van der Waals surface area contributed by atoms with Gasteiger partial charge in [0.05, 0.1) is 0 Å². The molecule has 0 radical (unpaired) electrons. The van der Waals surface area contributed by atoms with E-state index in [0.717, 1.165) is 16.8 Å². The van der Waals surface area contributed by atoms with E-state index in [1.807, 2.05) is 59.1 Å². The number of ketones is 1. The normalized spacial score (nSPS) is 15.0. The van der Waals surface area contributed by atoms with Gasteiger partial charge in [0.2, 0.25) is 5.91 Å². The average molecular weight is 460 g/mol. The molecule has 1 amide bonds. The first-order chi connectivity index (χ1) is 16.2. The van der Waals surface area contributed by atoms with Crippen LogP contribution in [-0.4, -0.2) is 39.2 Å². The number of nitrogens with one attached hydrogen (secondary N) is 1. The summed E-state index contributed by atoms with van der Waals surface area (Å²) in [5.74, 6) is 0.198. The number of piperidine rings is 1. The lowest BCUT2D eigenvalue weighted by Gasteiger charge is -2.34. The van der Waals surface area contributed by atoms with Gasteiger partial charge in [0, 0.05) is 61.0 Å². The van der Waals surface area contributed by atoms with E-state index in [1.54, 1.807) is 6.08 Å². The summed E-state index contributed by atoms with van der Waals surface area (Å²) < 4.78 is 1.91. The first-order valence-electron chi connectivity index (χ1n) is 11.9. The summed E-state index contributed by atoms with van der Waals surface area (Å²) >= 11 is 0. The number of H-pyrrole nitrogens is 1. The van der Waals surface area contributed by atoms with E-state index in [2.05, 4.69) is 25.4 Å². The van der Waals surface area contributed by atoms with E-state index in [9.17, 15) is 14.4 Å². The standard InChI is InChI=1S/C28H33N3O3/c1-5-23-15-21(18-30(23)4)26(33)19-10-12-31(13-11-19)25(32)17-28(2,3)16-22-14-20-8-6-7-9-24(20)27(34)29-22/h5-9,14-15,18-19H,1,10-13,16-17H2,2-4H3,(H,29,34). The number of aromatic amines is 1. The molecule has 4 rings (SSSR count). The van der Waals surface area contributed by atoms with Gasteiger partial charge in [0.15, 0.2) is 5.78 Å². The molecule has 1 fully saturated rings. The maximum atomic E-state index is 13.1. The molecule has 2 aromatic heterocycles. The van der Waals surface area contributed by atoms with Crippen LogP contribution in [0.25, 0.3) is 16.8 Å². The second-order valence-electron chi connectivity index (χ2n) is 10.2. The van der Waals surface area contributed by atoms with E-state index in [-0.39, 0.29) is 28.6 Å². The second-order valence-corrected chi connectivity index (χ2v) is 10.2. The van der Waals surface area contributed by atoms with Gasteiger partial charge < -0.3 is 14.5 Å². The Bertz CT molecular complexity index is 1290. The zero-order chi connectivity index (χ0) is 24.5. The minimum Gasteiger partial charge on any atom is -0.350 e. The first kappa shape index (κ1) is 23.7. The molecular weight excluding hydrogens is 426 g/mol. The quantitative estimate of drug-likeness (QED) is 0.525. The van der Waals surface area contributed by atoms with Gasteiger partial charge in [0.1, 0.15) is 0 Å². The summed E-state index contributed by atoms with van der Waals surface area (Å²) in [6.45, 7) is 9.09. The lowest BCUT2D eigenvalue weighted by atomic mass is 9.83. The van der Waals surface area contributed by atoms with E-state index in [4.69, 9.17) is 0 Å². The van der Waals surface area contributed by atoms with Crippen molar-refractivity contribution in [3.05, 3.63) is 76.5 Å². The van der Waals surface area contributed by atoms with Gasteiger partial charge in [-0.05, 0) is 54.3 Å². The zero-order valence-electron chi connectivity index (χ0n) is 20.3. The van der Waals surface area contributed by atoms with Crippen LogP contribution < -0.4 is 5.56 Å². The van der Waals surface area contributed by atoms with Gasteiger partial charge in [0.25, 0.3) is 5.56 Å². The third-order valence-electron chi connectivity index (χ3n) is 6.86. The minimum atomic E-state index is -0.305. The smallest absolute Gasteiger partial charge is 0.256 e. The molecule has 0 spiro atoms. The Balaban J connectivity index is 1.35. The molecule has 6 nitrogen and oxygen atoms in total. The van der Waals surface area contributed by atoms with Crippen LogP contribution in [-0.2, 0) is 18.3 Å². The first-order valence-corrected chi connectivity index (χ1v) is 11.9. The molecule has 0 saturated carbocycles. The third kappa shape index (κ3) is 5.06. The summed E-state index contributed by atoms with van der Waals surface area (Å²) in [6, 6.07) is 11.4. The molecule has 0 unspecified atom stereocenters. The Morgan fingerprint density at radius 2 is 1.88 bits per heavy atom. The summed E-state index contributed by atoms with van der Waals surface area (Å²) in [5.41, 5.74) is 2.08. The van der Waals surface area contributed by atoms with Crippen LogP contribution in [0.3, 0.4) is 0 Å². The van der Waals surface area contributed by atoms with Crippen molar-refractivity contribution < 1.29 is 9.59 Å². The largest absolute Gasteiger partial charge is 0.350 e. The number of hydrogen-bond donors (Lipinski definition) is 1. The number of fused-ring (bicyclic) bond motifs is 1. The molecule has 0 bridgehead atoms. The van der Waals surface area contributed by atoms with Crippen LogP contribution in [0.5, 0.6) is 0 Å². The Morgan fingerprint density at radius 1 is 1.18 bits per heavy atom. The SMILES string of the molecule is C=Cc1cc(C(=O)C2CCN(C(=O)CC(C)(C)Cc3cc4ccccc4c(=O)[nH]3)CC2)cn1C. The Morgan fingerprint density at radius 3 is 2.56 bits per heavy atom. The fourth-order valence-electron chi connectivity index (χ4n) is 5.01. The number of carbonyl (C=O) groups excluding carboxylic acids is 2. The number of hydrogen-bond acceptors (Lipinski definition) is 3. The lowest BCUT2D eigenvalue weighted by Crippen LogP contribution is -2.42. The molecule has 3 aromatic rings. The predicted octanol–water partition coefficient (Wildman–Crippen LogP) is 4.59. The van der Waals surface area contributed by atoms with E-state index < -0.39 is 0 Å². The molecule has 1 aliphatic heterocycles. The predicted molar refractivity (Wildman–Crippen MR) is 136 cm³/mol. The average Bonchev–Trinajstić information content (AvgIpc) is 3.18. The van der Waals surface area contributed by atoms with Crippen LogP contribution in [0, 0.1) is 11.3 Å². The van der Waals surface area contributed by atoms with E-state index in [1.165, 1.54) is 0 Å². The maximum Gasteiger partial charge on any atom is 0.256 e. The van der Waals surface area contributed by atoms with Crippen molar-refractivity contribution >= 4 is 28.5 Å². The zero-order valence-corrected chi connectivity index (χ0v) is 20.3. The number of aromatic nitrogens is 2. The molecule has 0 atom stereocenters. The van der Waals surface area contributed by atoms with Gasteiger partial charge in [-0.3, -0.25) is 14.4 Å². The van der Waals surface area contributed by atoms with Gasteiger partial charge in [-0.15, -0.1) is 0 Å². The lowest BCUT2D eigenvalue weighted by molar-refractivity contribution is -0.134. The van der Waals surface area contributed by atoms with Crippen molar-refractivity contribution in [2.75, 3.05) is 13.1 Å². The fourth-order valence-corrected chi connectivity index (χ4v) is 5.01. The van der Waals surface area contributed by atoms with Crippen molar-refractivity contribution in [1.82, 2.24) is 14.5 Å². The summed E-state index contributed by atoms with van der Waals surface area (Å²) in [6.07, 6.45) is 5.96. The molecule has 1 N–H and O–H groups in total. The molecule has 34 heavy (non-hydrogen) atoms. The molecule has 1 saturated heterocycles. The van der Waals surface area contributed by atoms with Gasteiger partial charge in [-0.25, -0.2) is 0 Å². The number of likely N-dealkylation sites (tertiary alicyclic amines) is 1. The highest BCUT2D eigenvalue weighted by Crippen LogP contribution is 2.29. The van der Waals surface area contributed by atoms with Crippen LogP contribution in [0.15, 0.2) is 54.0 Å². The van der Waals surface area contributed by atoms with E-state index in [0.29, 0.717) is 49.7 Å². The monoisotopic (exact) mass is 459 g/mol. The summed E-state index contributed by atoms with van der Waals surface area (Å²) in [7, 11) is 1.91. The Kier molecular flexibility index (Phi) is 6.60. The molecule has 178 valence electrons. The van der Waals surface area contributed by atoms with Gasteiger partial charge in [-0.2, -0.15) is 0 Å². The van der Waals surface area contributed by atoms with Crippen LogP contribution in [0.2, 0.25) is 0 Å². The number of pyridine rings is 1. The highest BCUT2D eigenvalue weighted by atomic mass is 16.2. The minimum absolute atomic E-state index is 0.0557. The molecule has 1 aromatic carbocycles. The highest BCUT2D eigenvalue weighted by Gasteiger charge is 2.31. The number of aryl methyl sites for hydroxylation is 1. The summed E-state index contributed by atoms with van der Waals surface area (Å²) in [5, 5.41) is 1.59. The van der Waals surface area contributed by atoms with Crippen molar-refractivity contribution in [3.8, 4) is 0 Å². The molecule has 1 aliphatic rings. The molecule has 3 heterocycles. The summed E-state index contributed by atoms with van der Waals surface area (Å²) in [4.78, 5) is 43.3. The topological polar surface area (TPSA) is 75.2 Å². The van der Waals surface area contributed by atoms with Gasteiger partial charge in [-0.1, -0.05) is 38.6 Å². The van der Waals surface area contributed by atoms with Crippen LogP contribution in [0.4, 0.5) is 0 Å². The Labute approximate surface area is 200 Å². The third-order valence-corrected chi connectivity index (χ3v) is 6.86. The van der Waals surface area contributed by atoms with Crippen molar-refractivity contribution in [2.45, 2.75) is 39.5 Å². The van der Waals surface area contributed by atoms with Crippen LogP contribution >= 0.6 is 0 Å². The highest BCUT2D eigenvalue weighted by molar-refractivity contribution is 5.98. The number of Topliss-reactive ketones (excluding diaryl/α,β-unsaturated/α-hetero) is 1. The Hall–Kier alpha value is -3.41. The van der Waals surface area contributed by atoms with Gasteiger partial charge >= 0.3 is 0 Å². The number of carbonyl (C=O) groups is 2. The van der Waals surface area contributed by atoms with E-state index >= 15 is 0 Å². The number of benzene rings is 1.